The number of nitrogens with zero attached hydrogens (tertiary/aromatic N) is 3. The topological polar surface area (TPSA) is 76.6 Å². The summed E-state index contributed by atoms with van der Waals surface area (Å²) in [5.74, 6) is -0.0198. The lowest BCUT2D eigenvalue weighted by Crippen LogP contribution is -2.08. The molecular weight excluding hydrogens is 306 g/mol. The summed E-state index contributed by atoms with van der Waals surface area (Å²) in [5, 5.41) is 9.12. The van der Waals surface area contributed by atoms with Crippen molar-refractivity contribution < 1.29 is 14.3 Å². The number of carbonyl (C=O) groups excluding carboxylic acids is 1. The van der Waals surface area contributed by atoms with Crippen molar-refractivity contribution in [2.24, 2.45) is 0 Å². The van der Waals surface area contributed by atoms with E-state index in [0.29, 0.717) is 30.0 Å². The van der Waals surface area contributed by atoms with Gasteiger partial charge in [0, 0.05) is 12.3 Å². The molecule has 2 heterocycles. The van der Waals surface area contributed by atoms with E-state index in [9.17, 15) is 4.79 Å². The van der Waals surface area contributed by atoms with Crippen molar-refractivity contribution in [3.8, 4) is 11.8 Å². The lowest BCUT2D eigenvalue weighted by molar-refractivity contribution is 0.0519. The molecule has 24 heavy (non-hydrogen) atoms. The van der Waals surface area contributed by atoms with Crippen molar-refractivity contribution in [2.45, 2.75) is 48.0 Å². The van der Waals surface area contributed by atoms with Gasteiger partial charge in [0.15, 0.2) is 5.69 Å². The third kappa shape index (κ3) is 4.48. The Bertz CT molecular complexity index is 700. The zero-order valence-electron chi connectivity index (χ0n) is 15.6. The number of nitriles is 1. The molecule has 0 spiro atoms. The summed E-state index contributed by atoms with van der Waals surface area (Å²) in [7, 11) is 1.49. The Morgan fingerprint density at radius 1 is 1.29 bits per heavy atom. The Balaban J connectivity index is 0.00000123. The van der Waals surface area contributed by atoms with Crippen LogP contribution in [0.3, 0.4) is 0 Å². The monoisotopic (exact) mass is 333 g/mol. The predicted molar refractivity (Wildman–Crippen MR) is 94.5 cm³/mol. The first kappa shape index (κ1) is 21.4. The fourth-order valence-electron chi connectivity index (χ4n) is 2.07. The Labute approximate surface area is 144 Å². The smallest absolute Gasteiger partial charge is 0.358 e. The first-order valence-electron chi connectivity index (χ1n) is 8.32. The van der Waals surface area contributed by atoms with Crippen LogP contribution in [0.25, 0.3) is 5.65 Å². The number of methoxy groups -OCH3 is 1. The van der Waals surface area contributed by atoms with E-state index in [1.807, 2.05) is 34.6 Å². The zero-order valence-corrected chi connectivity index (χ0v) is 15.6. The van der Waals surface area contributed by atoms with Crippen LogP contribution in [0.5, 0.6) is 5.75 Å². The Morgan fingerprint density at radius 2 is 1.92 bits per heavy atom. The molecule has 6 nitrogen and oxygen atoms in total. The number of pyridine rings is 1. The molecule has 0 saturated heterocycles. The second-order valence-corrected chi connectivity index (χ2v) is 4.08. The molecule has 0 fully saturated rings. The molecule has 0 atom stereocenters. The van der Waals surface area contributed by atoms with Gasteiger partial charge in [0.05, 0.1) is 19.4 Å². The molecule has 0 aromatic carbocycles. The van der Waals surface area contributed by atoms with Crippen molar-refractivity contribution in [2.75, 3.05) is 13.7 Å². The van der Waals surface area contributed by atoms with Crippen LogP contribution in [0.1, 0.15) is 63.3 Å². The quantitative estimate of drug-likeness (QED) is 0.790. The highest BCUT2D eigenvalue weighted by Gasteiger charge is 2.20. The molecule has 0 amide bonds. The molecule has 0 aliphatic heterocycles. The minimum atomic E-state index is -0.453. The summed E-state index contributed by atoms with van der Waals surface area (Å²) >= 11 is 0. The number of aryl methyl sites for hydroxylation is 1. The first-order valence-corrected chi connectivity index (χ1v) is 8.32. The van der Waals surface area contributed by atoms with Gasteiger partial charge in [-0.25, -0.2) is 9.78 Å². The minimum absolute atomic E-state index is 0.284. The van der Waals surface area contributed by atoms with Gasteiger partial charge in [0.1, 0.15) is 23.0 Å². The summed E-state index contributed by atoms with van der Waals surface area (Å²) in [6.45, 7) is 12.0. The van der Waals surface area contributed by atoms with Gasteiger partial charge in [-0.15, -0.1) is 0 Å². The maximum absolute atomic E-state index is 11.9. The summed E-state index contributed by atoms with van der Waals surface area (Å²) < 4.78 is 11.9. The van der Waals surface area contributed by atoms with Gasteiger partial charge in [0.25, 0.3) is 0 Å². The highest BCUT2D eigenvalue weighted by Crippen LogP contribution is 2.23. The van der Waals surface area contributed by atoms with Crippen LogP contribution < -0.4 is 4.74 Å². The highest BCUT2D eigenvalue weighted by molar-refractivity contribution is 5.89. The predicted octanol–water partition coefficient (Wildman–Crippen LogP) is 4.01. The third-order valence-electron chi connectivity index (χ3n) is 2.97. The van der Waals surface area contributed by atoms with Crippen LogP contribution in [-0.4, -0.2) is 29.1 Å². The second kappa shape index (κ2) is 11.1. The normalized spacial score (nSPS) is 9.08. The highest BCUT2D eigenvalue weighted by atomic mass is 16.5. The van der Waals surface area contributed by atoms with Crippen molar-refractivity contribution >= 4 is 11.6 Å². The fraction of sp³-hybridized carbons (Fsp3) is 0.500. The van der Waals surface area contributed by atoms with Gasteiger partial charge < -0.3 is 13.9 Å². The molecule has 0 N–H and O–H groups in total. The van der Waals surface area contributed by atoms with Crippen LogP contribution in [0.15, 0.2) is 12.3 Å². The van der Waals surface area contributed by atoms with Gasteiger partial charge in [-0.05, 0) is 13.3 Å². The Hall–Kier alpha value is -2.55. The molecule has 132 valence electrons. The van der Waals surface area contributed by atoms with E-state index in [2.05, 4.69) is 11.1 Å². The van der Waals surface area contributed by atoms with Crippen molar-refractivity contribution in [1.82, 2.24) is 9.38 Å². The number of hydrogen-bond acceptors (Lipinski definition) is 5. The van der Waals surface area contributed by atoms with E-state index in [1.54, 1.807) is 23.6 Å². The molecule has 0 bridgehead atoms. The Kier molecular flexibility index (Phi) is 9.88. The number of carbonyl (C=O) groups is 1. The number of imidazole rings is 1. The molecule has 2 aromatic heterocycles. The number of hydrogen-bond donors (Lipinski definition) is 0. The SMILES string of the molecule is CC.CC.CCOC(=O)c1nc2cc(OC)c(C#N)cn2c1CC. The maximum atomic E-state index is 11.9. The number of esters is 1. The largest absolute Gasteiger partial charge is 0.495 e. The van der Waals surface area contributed by atoms with Crippen LogP contribution in [-0.2, 0) is 11.2 Å². The lowest BCUT2D eigenvalue weighted by atomic mass is 10.2. The summed E-state index contributed by atoms with van der Waals surface area (Å²) in [6.07, 6.45) is 2.23. The van der Waals surface area contributed by atoms with Gasteiger partial charge in [-0.2, -0.15) is 5.26 Å². The van der Waals surface area contributed by atoms with E-state index in [1.165, 1.54) is 7.11 Å². The van der Waals surface area contributed by atoms with E-state index in [-0.39, 0.29) is 5.69 Å². The number of rotatable bonds is 4. The van der Waals surface area contributed by atoms with Gasteiger partial charge in [-0.3, -0.25) is 0 Å². The molecule has 6 heteroatoms. The first-order chi connectivity index (χ1) is 11.7. The number of aromatic nitrogens is 2. The molecule has 0 radical (unpaired) electrons. The average molecular weight is 333 g/mol. The molecule has 0 saturated carbocycles. The summed E-state index contributed by atoms with van der Waals surface area (Å²) in [4.78, 5) is 16.2. The average Bonchev–Trinajstić information content (AvgIpc) is 3.01. The van der Waals surface area contributed by atoms with E-state index in [0.717, 1.165) is 5.69 Å². The minimum Gasteiger partial charge on any atom is -0.495 e. The number of ether oxygens (including phenoxy) is 2. The Morgan fingerprint density at radius 3 is 2.38 bits per heavy atom. The fourth-order valence-corrected chi connectivity index (χ4v) is 2.07. The van der Waals surface area contributed by atoms with Crippen LogP contribution in [0, 0.1) is 11.3 Å². The van der Waals surface area contributed by atoms with Crippen molar-refractivity contribution in [3.63, 3.8) is 0 Å². The van der Waals surface area contributed by atoms with E-state index >= 15 is 0 Å². The van der Waals surface area contributed by atoms with E-state index < -0.39 is 5.97 Å². The van der Waals surface area contributed by atoms with Gasteiger partial charge >= 0.3 is 5.97 Å². The van der Waals surface area contributed by atoms with Crippen molar-refractivity contribution in [3.05, 3.63) is 29.2 Å². The molecule has 0 unspecified atom stereocenters. The van der Waals surface area contributed by atoms with Gasteiger partial charge in [0.2, 0.25) is 0 Å². The number of fused-ring (bicyclic) bond motifs is 1. The summed E-state index contributed by atoms with van der Waals surface area (Å²) in [5.41, 5.74) is 1.95. The molecule has 2 aromatic rings. The molecular formula is C18H27N3O3. The van der Waals surface area contributed by atoms with Crippen molar-refractivity contribution in [1.29, 1.82) is 5.26 Å². The van der Waals surface area contributed by atoms with Crippen LogP contribution in [0.4, 0.5) is 0 Å². The third-order valence-corrected chi connectivity index (χ3v) is 2.97. The molecule has 0 aliphatic rings. The maximum Gasteiger partial charge on any atom is 0.358 e. The van der Waals surface area contributed by atoms with Crippen LogP contribution in [0.2, 0.25) is 0 Å². The summed E-state index contributed by atoms with van der Waals surface area (Å²) in [6, 6.07) is 3.70. The standard InChI is InChI=1S/C14H15N3O3.2C2H6/c1-4-10-13(14(18)20-5-2)16-12-6-11(19-3)9(7-15)8-17(10)12;2*1-2/h6,8H,4-5H2,1-3H3;2*1-2H3. The second-order valence-electron chi connectivity index (χ2n) is 4.08. The zero-order chi connectivity index (χ0) is 18.7. The van der Waals surface area contributed by atoms with E-state index in [4.69, 9.17) is 14.7 Å². The van der Waals surface area contributed by atoms with Gasteiger partial charge in [-0.1, -0.05) is 34.6 Å². The lowest BCUT2D eigenvalue weighted by Gasteiger charge is -2.05. The van der Waals surface area contributed by atoms with Crippen LogP contribution >= 0.6 is 0 Å². The molecule has 2 rings (SSSR count). The molecule has 0 aliphatic carbocycles.